The summed E-state index contributed by atoms with van der Waals surface area (Å²) in [6.07, 6.45) is 0. The van der Waals surface area contributed by atoms with Crippen LogP contribution in [0.3, 0.4) is 0 Å². The van der Waals surface area contributed by atoms with Gasteiger partial charge in [-0.1, -0.05) is 0 Å². The van der Waals surface area contributed by atoms with Crippen LogP contribution < -0.4 is 11.1 Å². The molecule has 1 aromatic carbocycles. The van der Waals surface area contributed by atoms with E-state index in [9.17, 15) is 9.90 Å². The second-order valence-corrected chi connectivity index (χ2v) is 3.59. The molecule has 0 saturated carbocycles. The monoisotopic (exact) mass is 208 g/mol. The maximum absolute atomic E-state index is 11.1. The zero-order valence-electron chi connectivity index (χ0n) is 9.22. The number of carbonyl (C=O) groups is 1. The molecule has 4 heteroatoms. The van der Waals surface area contributed by atoms with E-state index in [1.165, 1.54) is 0 Å². The van der Waals surface area contributed by atoms with Crippen LogP contribution in [-0.4, -0.2) is 17.6 Å². The van der Waals surface area contributed by atoms with Crippen molar-refractivity contribution in [1.82, 2.24) is 0 Å². The summed E-state index contributed by atoms with van der Waals surface area (Å²) in [5.74, 6) is 0.0424. The van der Waals surface area contributed by atoms with Crippen LogP contribution in [0.1, 0.15) is 16.7 Å². The van der Waals surface area contributed by atoms with E-state index in [1.54, 1.807) is 13.0 Å². The number of rotatable bonds is 2. The Bertz CT molecular complexity index is 400. The highest BCUT2D eigenvalue weighted by Crippen LogP contribution is 2.30. The molecule has 0 aliphatic heterocycles. The molecule has 1 rings (SSSR count). The van der Waals surface area contributed by atoms with Crippen molar-refractivity contribution < 1.29 is 9.90 Å². The maximum atomic E-state index is 11.1. The third-order valence-electron chi connectivity index (χ3n) is 2.52. The summed E-state index contributed by atoms with van der Waals surface area (Å²) < 4.78 is 0. The van der Waals surface area contributed by atoms with Crippen molar-refractivity contribution >= 4 is 11.6 Å². The Morgan fingerprint density at radius 2 is 2.00 bits per heavy atom. The third-order valence-corrected chi connectivity index (χ3v) is 2.52. The van der Waals surface area contributed by atoms with Gasteiger partial charge in [-0.2, -0.15) is 0 Å². The molecule has 4 nitrogen and oxygen atoms in total. The summed E-state index contributed by atoms with van der Waals surface area (Å²) in [5.41, 5.74) is 8.30. The van der Waals surface area contributed by atoms with E-state index in [-0.39, 0.29) is 18.2 Å². The van der Waals surface area contributed by atoms with E-state index in [0.29, 0.717) is 5.69 Å². The fraction of sp³-hybridized carbons (Fsp3) is 0.364. The molecule has 0 aliphatic carbocycles. The van der Waals surface area contributed by atoms with E-state index < -0.39 is 0 Å². The van der Waals surface area contributed by atoms with Crippen molar-refractivity contribution in [3.63, 3.8) is 0 Å². The predicted molar refractivity (Wildman–Crippen MR) is 60.0 cm³/mol. The number of hydrogen-bond acceptors (Lipinski definition) is 3. The summed E-state index contributed by atoms with van der Waals surface area (Å²) >= 11 is 0. The van der Waals surface area contributed by atoms with E-state index in [0.717, 1.165) is 16.7 Å². The number of aromatic hydroxyl groups is 1. The predicted octanol–water partition coefficient (Wildman–Crippen LogP) is 1.21. The number of phenolic OH excluding ortho intramolecular Hbond substituents is 1. The van der Waals surface area contributed by atoms with Crippen molar-refractivity contribution in [1.29, 1.82) is 0 Å². The van der Waals surface area contributed by atoms with Crippen LogP contribution in [-0.2, 0) is 4.79 Å². The second-order valence-electron chi connectivity index (χ2n) is 3.59. The Morgan fingerprint density at radius 3 is 2.53 bits per heavy atom. The van der Waals surface area contributed by atoms with Gasteiger partial charge in [-0.3, -0.25) is 4.79 Å². The van der Waals surface area contributed by atoms with Crippen molar-refractivity contribution in [2.45, 2.75) is 20.8 Å². The zero-order valence-corrected chi connectivity index (χ0v) is 9.22. The number of aryl methyl sites for hydroxylation is 1. The summed E-state index contributed by atoms with van der Waals surface area (Å²) in [6, 6.07) is 1.74. The lowest BCUT2D eigenvalue weighted by Gasteiger charge is -2.13. The smallest absolute Gasteiger partial charge is 0.238 e. The first-order chi connectivity index (χ1) is 6.97. The van der Waals surface area contributed by atoms with Crippen LogP contribution in [0, 0.1) is 20.8 Å². The molecule has 0 heterocycles. The number of nitrogens with one attached hydrogen (secondary N) is 1. The molecule has 0 aliphatic rings. The van der Waals surface area contributed by atoms with Gasteiger partial charge in [-0.05, 0) is 43.5 Å². The minimum Gasteiger partial charge on any atom is -0.507 e. The summed E-state index contributed by atoms with van der Waals surface area (Å²) in [7, 11) is 0. The standard InChI is InChI=1S/C11H16N2O2/c1-6-4-9(13-10(14)5-12)7(2)8(3)11(6)15/h4,15H,5,12H2,1-3H3,(H,13,14). The topological polar surface area (TPSA) is 75.4 Å². The number of amides is 1. The Morgan fingerprint density at radius 1 is 1.40 bits per heavy atom. The Kier molecular flexibility index (Phi) is 3.31. The number of phenols is 1. The highest BCUT2D eigenvalue weighted by molar-refractivity contribution is 5.93. The molecule has 0 spiro atoms. The largest absolute Gasteiger partial charge is 0.507 e. The number of benzene rings is 1. The zero-order chi connectivity index (χ0) is 11.6. The van der Waals surface area contributed by atoms with Gasteiger partial charge in [0.15, 0.2) is 0 Å². The van der Waals surface area contributed by atoms with Gasteiger partial charge in [-0.15, -0.1) is 0 Å². The molecule has 1 amide bonds. The average molecular weight is 208 g/mol. The first-order valence-electron chi connectivity index (χ1n) is 4.77. The van der Waals surface area contributed by atoms with Crippen LogP contribution in [0.15, 0.2) is 6.07 Å². The average Bonchev–Trinajstić information content (AvgIpc) is 2.22. The third kappa shape index (κ3) is 2.27. The molecule has 82 valence electrons. The van der Waals surface area contributed by atoms with Crippen LogP contribution in [0.2, 0.25) is 0 Å². The molecule has 0 bridgehead atoms. The van der Waals surface area contributed by atoms with Crippen molar-refractivity contribution in [2.75, 3.05) is 11.9 Å². The van der Waals surface area contributed by atoms with Gasteiger partial charge < -0.3 is 16.2 Å². The summed E-state index contributed by atoms with van der Waals surface area (Å²) in [4.78, 5) is 11.1. The fourth-order valence-corrected chi connectivity index (χ4v) is 1.40. The maximum Gasteiger partial charge on any atom is 0.238 e. The molecule has 0 fully saturated rings. The minimum atomic E-state index is -0.234. The second kappa shape index (κ2) is 4.31. The van der Waals surface area contributed by atoms with Gasteiger partial charge in [0.25, 0.3) is 0 Å². The molecule has 1 aromatic rings. The van der Waals surface area contributed by atoms with Gasteiger partial charge in [-0.25, -0.2) is 0 Å². The van der Waals surface area contributed by atoms with Gasteiger partial charge in [0, 0.05) is 5.69 Å². The SMILES string of the molecule is Cc1cc(NC(=O)CN)c(C)c(C)c1O. The molecule has 0 radical (unpaired) electrons. The highest BCUT2D eigenvalue weighted by atomic mass is 16.3. The lowest BCUT2D eigenvalue weighted by Crippen LogP contribution is -2.22. The van der Waals surface area contributed by atoms with Gasteiger partial charge in [0.1, 0.15) is 5.75 Å². The van der Waals surface area contributed by atoms with Crippen molar-refractivity contribution in [3.8, 4) is 5.75 Å². The highest BCUT2D eigenvalue weighted by Gasteiger charge is 2.10. The number of nitrogens with two attached hydrogens (primary N) is 1. The molecular formula is C11H16N2O2. The first kappa shape index (κ1) is 11.5. The minimum absolute atomic E-state index is 0.0432. The molecule has 0 unspecified atom stereocenters. The van der Waals surface area contributed by atoms with E-state index in [4.69, 9.17) is 5.73 Å². The quantitative estimate of drug-likeness (QED) is 0.639. The van der Waals surface area contributed by atoms with Gasteiger partial charge in [0.05, 0.1) is 6.54 Å². The van der Waals surface area contributed by atoms with E-state index >= 15 is 0 Å². The lowest BCUT2D eigenvalue weighted by molar-refractivity contribution is -0.114. The first-order valence-corrected chi connectivity index (χ1v) is 4.77. The van der Waals surface area contributed by atoms with Crippen LogP contribution in [0.5, 0.6) is 5.75 Å². The van der Waals surface area contributed by atoms with Gasteiger partial charge in [0.2, 0.25) is 5.91 Å². The molecule has 0 atom stereocenters. The Labute approximate surface area is 89.1 Å². The molecular weight excluding hydrogens is 192 g/mol. The fourth-order valence-electron chi connectivity index (χ4n) is 1.40. The van der Waals surface area contributed by atoms with Crippen LogP contribution >= 0.6 is 0 Å². The molecule has 4 N–H and O–H groups in total. The Hall–Kier alpha value is -1.55. The van der Waals surface area contributed by atoms with E-state index in [1.807, 2.05) is 13.8 Å². The number of carbonyl (C=O) groups excluding carboxylic acids is 1. The Balaban J connectivity index is 3.15. The number of anilines is 1. The van der Waals surface area contributed by atoms with Crippen LogP contribution in [0.25, 0.3) is 0 Å². The normalized spacial score (nSPS) is 10.1. The number of hydrogen-bond donors (Lipinski definition) is 3. The molecule has 0 aromatic heterocycles. The molecule has 15 heavy (non-hydrogen) atoms. The van der Waals surface area contributed by atoms with Crippen molar-refractivity contribution in [3.05, 3.63) is 22.8 Å². The lowest BCUT2D eigenvalue weighted by atomic mass is 10.0. The summed E-state index contributed by atoms with van der Waals surface area (Å²) in [6.45, 7) is 5.41. The van der Waals surface area contributed by atoms with Gasteiger partial charge >= 0.3 is 0 Å². The van der Waals surface area contributed by atoms with Crippen molar-refractivity contribution in [2.24, 2.45) is 5.73 Å². The molecule has 0 saturated heterocycles. The van der Waals surface area contributed by atoms with Crippen LogP contribution in [0.4, 0.5) is 5.69 Å². The van der Waals surface area contributed by atoms with E-state index in [2.05, 4.69) is 5.32 Å². The summed E-state index contributed by atoms with van der Waals surface area (Å²) in [5, 5.41) is 12.4.